The lowest BCUT2D eigenvalue weighted by molar-refractivity contribution is -0.898. The number of piperazine rings is 1. The standard InChI is InChI=1S/C17H19FN4O2/c1-2-21-7-9-22(10-8-21)17-15(11-19)20-16(24-17)12-23-14-5-3-13(18)4-6-14/h3-6H,2,7-10,12H2,1H3/p+1. The second-order valence-corrected chi connectivity index (χ2v) is 5.71. The summed E-state index contributed by atoms with van der Waals surface area (Å²) in [5.41, 5.74) is 0.285. The fourth-order valence-electron chi connectivity index (χ4n) is 2.76. The van der Waals surface area contributed by atoms with E-state index in [1.54, 1.807) is 4.90 Å². The van der Waals surface area contributed by atoms with E-state index in [9.17, 15) is 9.65 Å². The first-order chi connectivity index (χ1) is 11.7. The van der Waals surface area contributed by atoms with Crippen molar-refractivity contribution in [1.29, 1.82) is 5.26 Å². The molecule has 126 valence electrons. The van der Waals surface area contributed by atoms with Crippen LogP contribution in [0.2, 0.25) is 0 Å². The van der Waals surface area contributed by atoms with Crippen LogP contribution in [0.3, 0.4) is 0 Å². The van der Waals surface area contributed by atoms with Crippen LogP contribution in [0.5, 0.6) is 5.75 Å². The van der Waals surface area contributed by atoms with Crippen LogP contribution in [0, 0.1) is 17.1 Å². The molecular weight excluding hydrogens is 311 g/mol. The van der Waals surface area contributed by atoms with Crippen molar-refractivity contribution in [3.63, 3.8) is 0 Å². The van der Waals surface area contributed by atoms with Crippen molar-refractivity contribution in [2.24, 2.45) is 0 Å². The van der Waals surface area contributed by atoms with Gasteiger partial charge in [-0.25, -0.2) is 4.39 Å². The van der Waals surface area contributed by atoms with Gasteiger partial charge in [0.2, 0.25) is 17.5 Å². The normalized spacial score (nSPS) is 15.3. The number of nitrogens with zero attached hydrogens (tertiary/aromatic N) is 3. The molecule has 0 bridgehead atoms. The van der Waals surface area contributed by atoms with E-state index in [1.807, 2.05) is 0 Å². The molecule has 1 N–H and O–H groups in total. The highest BCUT2D eigenvalue weighted by Crippen LogP contribution is 2.23. The quantitative estimate of drug-likeness (QED) is 0.885. The third-order valence-corrected chi connectivity index (χ3v) is 4.19. The van der Waals surface area contributed by atoms with Gasteiger partial charge in [-0.05, 0) is 31.2 Å². The van der Waals surface area contributed by atoms with Gasteiger partial charge in [-0.2, -0.15) is 10.2 Å². The molecule has 24 heavy (non-hydrogen) atoms. The third kappa shape index (κ3) is 3.66. The number of nitrogens with one attached hydrogen (secondary N) is 1. The molecule has 0 amide bonds. The van der Waals surface area contributed by atoms with Crippen molar-refractivity contribution in [3.05, 3.63) is 41.7 Å². The third-order valence-electron chi connectivity index (χ3n) is 4.19. The topological polar surface area (TPSA) is 66.7 Å². The molecule has 0 radical (unpaired) electrons. The van der Waals surface area contributed by atoms with Crippen molar-refractivity contribution >= 4 is 5.88 Å². The maximum atomic E-state index is 12.9. The number of halogens is 1. The lowest BCUT2D eigenvalue weighted by Crippen LogP contribution is -3.14. The van der Waals surface area contributed by atoms with Gasteiger partial charge in [0, 0.05) is 0 Å². The Morgan fingerprint density at radius 2 is 2.04 bits per heavy atom. The van der Waals surface area contributed by atoms with Gasteiger partial charge in [-0.1, -0.05) is 0 Å². The highest BCUT2D eigenvalue weighted by molar-refractivity contribution is 5.48. The molecule has 2 aromatic rings. The number of aromatic nitrogens is 1. The molecule has 1 aromatic carbocycles. The Labute approximate surface area is 140 Å². The van der Waals surface area contributed by atoms with Crippen molar-refractivity contribution < 1.29 is 18.4 Å². The maximum Gasteiger partial charge on any atom is 0.236 e. The minimum absolute atomic E-state index is 0.0977. The van der Waals surface area contributed by atoms with E-state index in [1.165, 1.54) is 24.3 Å². The molecule has 0 aliphatic carbocycles. The molecule has 0 spiro atoms. The number of benzene rings is 1. The van der Waals surface area contributed by atoms with E-state index in [0.717, 1.165) is 32.7 Å². The number of nitriles is 1. The molecule has 1 saturated heterocycles. The smallest absolute Gasteiger partial charge is 0.236 e. The van der Waals surface area contributed by atoms with Crippen molar-refractivity contribution in [1.82, 2.24) is 4.98 Å². The Balaban J connectivity index is 1.66. The summed E-state index contributed by atoms with van der Waals surface area (Å²) >= 11 is 0. The minimum Gasteiger partial charge on any atom is -0.484 e. The summed E-state index contributed by atoms with van der Waals surface area (Å²) in [7, 11) is 0. The van der Waals surface area contributed by atoms with Gasteiger partial charge in [0.1, 0.15) is 17.6 Å². The molecule has 1 aromatic heterocycles. The van der Waals surface area contributed by atoms with Gasteiger partial charge in [0.25, 0.3) is 0 Å². The fraction of sp³-hybridized carbons (Fsp3) is 0.412. The van der Waals surface area contributed by atoms with Gasteiger partial charge in [-0.15, -0.1) is 0 Å². The summed E-state index contributed by atoms with van der Waals surface area (Å²) in [4.78, 5) is 7.81. The molecule has 3 rings (SSSR count). The largest absolute Gasteiger partial charge is 0.484 e. The highest BCUT2D eigenvalue weighted by atomic mass is 19.1. The Hall–Kier alpha value is -2.59. The van der Waals surface area contributed by atoms with E-state index in [4.69, 9.17) is 9.15 Å². The number of anilines is 1. The second-order valence-electron chi connectivity index (χ2n) is 5.71. The molecule has 0 atom stereocenters. The molecule has 1 aliphatic heterocycles. The van der Waals surface area contributed by atoms with E-state index in [2.05, 4.69) is 22.9 Å². The highest BCUT2D eigenvalue weighted by Gasteiger charge is 2.25. The number of oxazole rings is 1. The predicted octanol–water partition coefficient (Wildman–Crippen LogP) is 0.989. The van der Waals surface area contributed by atoms with Crippen LogP contribution in [0.4, 0.5) is 10.3 Å². The van der Waals surface area contributed by atoms with Crippen molar-refractivity contribution in [2.75, 3.05) is 37.6 Å². The van der Waals surface area contributed by atoms with Crippen LogP contribution >= 0.6 is 0 Å². The summed E-state index contributed by atoms with van der Waals surface area (Å²) in [6.07, 6.45) is 0. The molecule has 1 aliphatic rings. The summed E-state index contributed by atoms with van der Waals surface area (Å²) in [6, 6.07) is 7.82. The average Bonchev–Trinajstić information content (AvgIpc) is 3.04. The summed E-state index contributed by atoms with van der Waals surface area (Å²) in [6.45, 7) is 7.08. The zero-order chi connectivity index (χ0) is 16.9. The van der Waals surface area contributed by atoms with Gasteiger partial charge >= 0.3 is 0 Å². The molecule has 0 saturated carbocycles. The number of hydrogen-bond donors (Lipinski definition) is 1. The lowest BCUT2D eigenvalue weighted by atomic mass is 10.3. The second kappa shape index (κ2) is 7.32. The van der Waals surface area contributed by atoms with Crippen LogP contribution < -0.4 is 14.5 Å². The van der Waals surface area contributed by atoms with Gasteiger partial charge in [-0.3, -0.25) is 0 Å². The van der Waals surface area contributed by atoms with Crippen LogP contribution in [-0.2, 0) is 6.61 Å². The molecule has 2 heterocycles. The SMILES string of the molecule is CC[NH+]1CCN(c2oc(COc3ccc(F)cc3)nc2C#N)CC1. The van der Waals surface area contributed by atoms with Gasteiger partial charge in [0.05, 0.1) is 32.7 Å². The Morgan fingerprint density at radius 1 is 1.33 bits per heavy atom. The van der Waals surface area contributed by atoms with Crippen LogP contribution in [0.1, 0.15) is 18.5 Å². The lowest BCUT2D eigenvalue weighted by Gasteiger charge is -2.31. The molecule has 6 nitrogen and oxygen atoms in total. The number of quaternary nitrogens is 1. The van der Waals surface area contributed by atoms with Gasteiger partial charge < -0.3 is 19.0 Å². The van der Waals surface area contributed by atoms with Crippen LogP contribution in [0.15, 0.2) is 28.7 Å². The van der Waals surface area contributed by atoms with E-state index in [-0.39, 0.29) is 18.1 Å². The molecular formula is C17H20FN4O2+. The summed E-state index contributed by atoms with van der Waals surface area (Å²) in [5, 5.41) is 9.29. The van der Waals surface area contributed by atoms with Crippen molar-refractivity contribution in [3.8, 4) is 11.8 Å². The summed E-state index contributed by atoms with van der Waals surface area (Å²) in [5.74, 6) is 1.07. The fourth-order valence-corrected chi connectivity index (χ4v) is 2.76. The molecule has 1 fully saturated rings. The van der Waals surface area contributed by atoms with E-state index >= 15 is 0 Å². The number of rotatable bonds is 5. The average molecular weight is 331 g/mol. The monoisotopic (exact) mass is 331 g/mol. The zero-order valence-electron chi connectivity index (χ0n) is 13.6. The Kier molecular flexibility index (Phi) is 4.96. The molecule has 7 heteroatoms. The Bertz CT molecular complexity index is 715. The number of ether oxygens (including phenoxy) is 1. The van der Waals surface area contributed by atoms with Gasteiger partial charge in [0.15, 0.2) is 6.61 Å². The number of likely N-dealkylation sites (N-methyl/N-ethyl adjacent to an activating group) is 1. The zero-order valence-corrected chi connectivity index (χ0v) is 13.6. The first-order valence-electron chi connectivity index (χ1n) is 8.06. The number of hydrogen-bond acceptors (Lipinski definition) is 5. The van der Waals surface area contributed by atoms with E-state index < -0.39 is 0 Å². The Morgan fingerprint density at radius 3 is 2.67 bits per heavy atom. The maximum absolute atomic E-state index is 12.9. The first kappa shape index (κ1) is 16.3. The van der Waals surface area contributed by atoms with Crippen LogP contribution in [-0.4, -0.2) is 37.7 Å². The van der Waals surface area contributed by atoms with E-state index in [0.29, 0.717) is 17.5 Å². The molecule has 0 unspecified atom stereocenters. The minimum atomic E-state index is -0.319. The first-order valence-corrected chi connectivity index (χ1v) is 8.06. The summed E-state index contributed by atoms with van der Waals surface area (Å²) < 4.78 is 24.2. The van der Waals surface area contributed by atoms with Crippen molar-refractivity contribution in [2.45, 2.75) is 13.5 Å². The predicted molar refractivity (Wildman–Crippen MR) is 85.4 cm³/mol. The van der Waals surface area contributed by atoms with Crippen LogP contribution in [0.25, 0.3) is 0 Å².